The van der Waals surface area contributed by atoms with Crippen LogP contribution < -0.4 is 0 Å². The number of aliphatic hydroxyl groups is 2. The first kappa shape index (κ1) is 13.8. The van der Waals surface area contributed by atoms with Crippen LogP contribution in [0.25, 0.3) is 0 Å². The normalized spacial score (nSPS) is 25.8. The van der Waals surface area contributed by atoms with Crippen LogP contribution in [0.1, 0.15) is 20.3 Å². The molecule has 0 saturated carbocycles. The summed E-state index contributed by atoms with van der Waals surface area (Å²) in [6, 6.07) is 0. The van der Waals surface area contributed by atoms with E-state index in [9.17, 15) is 10.2 Å². The Morgan fingerprint density at radius 1 is 1.12 bits per heavy atom. The van der Waals surface area contributed by atoms with E-state index >= 15 is 0 Å². The monoisotopic (exact) mass is 240 g/mol. The molecule has 17 heavy (non-hydrogen) atoms. The average Bonchev–Trinajstić information content (AvgIpc) is 2.33. The highest BCUT2D eigenvalue weighted by Crippen LogP contribution is 2.33. The van der Waals surface area contributed by atoms with E-state index in [1.54, 1.807) is 6.92 Å². The van der Waals surface area contributed by atoms with Gasteiger partial charge in [-0.25, -0.2) is 0 Å². The molecule has 4 nitrogen and oxygen atoms in total. The Kier molecular flexibility index (Phi) is 4.78. The molecule has 0 aromatic heterocycles. The van der Waals surface area contributed by atoms with Crippen LogP contribution in [0, 0.1) is 0 Å². The molecule has 1 aliphatic carbocycles. The summed E-state index contributed by atoms with van der Waals surface area (Å²) in [6.45, 7) is 3.70. The van der Waals surface area contributed by atoms with Crippen LogP contribution >= 0.6 is 0 Å². The zero-order valence-electron chi connectivity index (χ0n) is 10.7. The molecule has 0 radical (unpaired) electrons. The molecule has 96 valence electrons. The summed E-state index contributed by atoms with van der Waals surface area (Å²) < 4.78 is 10.2. The smallest absolute Gasteiger partial charge is 0.169 e. The van der Waals surface area contributed by atoms with Crippen LogP contribution in [0.5, 0.6) is 0 Å². The van der Waals surface area contributed by atoms with Gasteiger partial charge in [0.1, 0.15) is 12.2 Å². The van der Waals surface area contributed by atoms with Crippen molar-refractivity contribution in [1.82, 2.24) is 0 Å². The van der Waals surface area contributed by atoms with Crippen molar-refractivity contribution in [3.63, 3.8) is 0 Å². The minimum absolute atomic E-state index is 0.279. The van der Waals surface area contributed by atoms with Gasteiger partial charge in [0.2, 0.25) is 0 Å². The maximum atomic E-state index is 10.2. The van der Waals surface area contributed by atoms with E-state index in [1.807, 2.05) is 19.1 Å². The average molecular weight is 240 g/mol. The van der Waals surface area contributed by atoms with Gasteiger partial charge in [0.15, 0.2) is 11.5 Å². The van der Waals surface area contributed by atoms with Crippen molar-refractivity contribution >= 4 is 0 Å². The van der Waals surface area contributed by atoms with Crippen molar-refractivity contribution in [2.75, 3.05) is 14.2 Å². The van der Waals surface area contributed by atoms with Crippen LogP contribution in [0.4, 0.5) is 0 Å². The van der Waals surface area contributed by atoms with E-state index in [-0.39, 0.29) is 11.5 Å². The molecule has 0 aromatic rings. The van der Waals surface area contributed by atoms with Gasteiger partial charge in [-0.3, -0.25) is 0 Å². The third kappa shape index (κ3) is 2.53. The van der Waals surface area contributed by atoms with Gasteiger partial charge in [0.25, 0.3) is 0 Å². The summed E-state index contributed by atoms with van der Waals surface area (Å²) in [5, 5.41) is 20.2. The number of aliphatic hydroxyl groups excluding tert-OH is 2. The lowest BCUT2D eigenvalue weighted by Crippen LogP contribution is -2.31. The summed E-state index contributed by atoms with van der Waals surface area (Å²) in [4.78, 5) is 0. The largest absolute Gasteiger partial charge is 0.494 e. The Labute approximate surface area is 102 Å². The molecule has 2 N–H and O–H groups in total. The van der Waals surface area contributed by atoms with Crippen LogP contribution in [0.15, 0.2) is 34.8 Å². The summed E-state index contributed by atoms with van der Waals surface area (Å²) in [6.07, 6.45) is 2.72. The van der Waals surface area contributed by atoms with Gasteiger partial charge in [0.05, 0.1) is 14.2 Å². The lowest BCUT2D eigenvalue weighted by Gasteiger charge is -2.30. The quantitative estimate of drug-likeness (QED) is 0.731. The fourth-order valence-electron chi connectivity index (χ4n) is 1.96. The number of ether oxygens (including phenoxy) is 2. The second-order valence-electron chi connectivity index (χ2n) is 3.92. The molecule has 1 aliphatic rings. The van der Waals surface area contributed by atoms with E-state index in [4.69, 9.17) is 9.47 Å². The first-order valence-electron chi connectivity index (χ1n) is 5.57. The lowest BCUT2D eigenvalue weighted by atomic mass is 9.89. The zero-order chi connectivity index (χ0) is 13.0. The topological polar surface area (TPSA) is 58.9 Å². The van der Waals surface area contributed by atoms with Gasteiger partial charge in [0, 0.05) is 0 Å². The van der Waals surface area contributed by atoms with Gasteiger partial charge in [-0.2, -0.15) is 0 Å². The fourth-order valence-corrected chi connectivity index (χ4v) is 1.96. The highest BCUT2D eigenvalue weighted by atomic mass is 16.5. The minimum Gasteiger partial charge on any atom is -0.494 e. The Morgan fingerprint density at radius 2 is 1.65 bits per heavy atom. The predicted octanol–water partition coefficient (Wildman–Crippen LogP) is 1.51. The van der Waals surface area contributed by atoms with E-state index in [2.05, 4.69) is 0 Å². The molecular formula is C13H20O4. The third-order valence-corrected chi connectivity index (χ3v) is 3.00. The van der Waals surface area contributed by atoms with Crippen molar-refractivity contribution in [3.05, 3.63) is 34.8 Å². The molecule has 0 bridgehead atoms. The highest BCUT2D eigenvalue weighted by molar-refractivity contribution is 5.39. The minimum atomic E-state index is -0.852. The second kappa shape index (κ2) is 5.89. The molecule has 0 spiro atoms. The molecule has 0 fully saturated rings. The van der Waals surface area contributed by atoms with E-state index < -0.39 is 12.2 Å². The molecule has 0 aromatic carbocycles. The number of methoxy groups -OCH3 is 2. The first-order chi connectivity index (χ1) is 8.08. The Morgan fingerprint density at radius 3 is 2.12 bits per heavy atom. The molecule has 2 atom stereocenters. The summed E-state index contributed by atoms with van der Waals surface area (Å²) in [7, 11) is 2.91. The molecule has 0 amide bonds. The molecule has 1 rings (SSSR count). The maximum absolute atomic E-state index is 10.2. The van der Waals surface area contributed by atoms with Crippen molar-refractivity contribution in [3.8, 4) is 0 Å². The number of hydrogen-bond donors (Lipinski definition) is 2. The first-order valence-corrected chi connectivity index (χ1v) is 5.57. The maximum Gasteiger partial charge on any atom is 0.169 e. The molecule has 2 unspecified atom stereocenters. The van der Waals surface area contributed by atoms with Gasteiger partial charge in [-0.1, -0.05) is 12.2 Å². The van der Waals surface area contributed by atoms with Crippen molar-refractivity contribution in [2.24, 2.45) is 0 Å². The van der Waals surface area contributed by atoms with Crippen LogP contribution in [0.2, 0.25) is 0 Å². The zero-order valence-corrected chi connectivity index (χ0v) is 10.7. The highest BCUT2D eigenvalue weighted by Gasteiger charge is 2.34. The summed E-state index contributed by atoms with van der Waals surface area (Å²) >= 11 is 0. The Balaban J connectivity index is 3.13. The van der Waals surface area contributed by atoms with Gasteiger partial charge < -0.3 is 19.7 Å². The predicted molar refractivity (Wildman–Crippen MR) is 65.2 cm³/mol. The molecule has 0 saturated heterocycles. The van der Waals surface area contributed by atoms with Gasteiger partial charge in [-0.05, 0) is 31.4 Å². The molecule has 4 heteroatoms. The molecule has 0 aliphatic heterocycles. The number of hydrogen-bond acceptors (Lipinski definition) is 4. The standard InChI is InChI=1S/C13H20O4/c1-5-6-7-9-8(2)10(14)12(16-3)13(17-4)11(9)15/h5-6,10-11,14-15H,7H2,1-4H3. The third-order valence-electron chi connectivity index (χ3n) is 3.00. The van der Waals surface area contributed by atoms with Crippen LogP contribution in [-0.4, -0.2) is 36.6 Å². The number of rotatable bonds is 4. The SMILES string of the molecule is CC=CCC1=C(C)C(O)C(OC)=C(OC)C1O. The number of allylic oxidation sites excluding steroid dienone is 2. The second-order valence-corrected chi connectivity index (χ2v) is 3.92. The Hall–Kier alpha value is -1.26. The van der Waals surface area contributed by atoms with E-state index in [1.165, 1.54) is 14.2 Å². The Bertz CT molecular complexity index is 366. The fraction of sp³-hybridized carbons (Fsp3) is 0.538. The molecule has 0 heterocycles. The summed E-state index contributed by atoms with van der Waals surface area (Å²) in [5.41, 5.74) is 1.47. The van der Waals surface area contributed by atoms with Crippen molar-refractivity contribution in [1.29, 1.82) is 0 Å². The van der Waals surface area contributed by atoms with Crippen molar-refractivity contribution in [2.45, 2.75) is 32.5 Å². The van der Waals surface area contributed by atoms with Crippen molar-refractivity contribution < 1.29 is 19.7 Å². The van der Waals surface area contributed by atoms with Gasteiger partial charge in [-0.15, -0.1) is 0 Å². The van der Waals surface area contributed by atoms with Crippen LogP contribution in [-0.2, 0) is 9.47 Å². The summed E-state index contributed by atoms with van der Waals surface area (Å²) in [5.74, 6) is 0.562. The molecular weight excluding hydrogens is 220 g/mol. The van der Waals surface area contributed by atoms with Gasteiger partial charge >= 0.3 is 0 Å². The van der Waals surface area contributed by atoms with E-state index in [0.29, 0.717) is 12.0 Å². The van der Waals surface area contributed by atoms with Crippen LogP contribution in [0.3, 0.4) is 0 Å². The van der Waals surface area contributed by atoms with E-state index in [0.717, 1.165) is 5.57 Å². The lowest BCUT2D eigenvalue weighted by molar-refractivity contribution is 0.0794.